The normalized spacial score (nSPS) is 19.9. The predicted octanol–water partition coefficient (Wildman–Crippen LogP) is -0.177. The van der Waals surface area contributed by atoms with Crippen LogP contribution in [0.5, 0.6) is 0 Å². The molecule has 1 fully saturated rings. The number of likely N-dealkylation sites (tertiary alicyclic amines) is 1. The third kappa shape index (κ3) is 3.27. The molecule has 2 N–H and O–H groups in total. The van der Waals surface area contributed by atoms with Gasteiger partial charge in [-0.15, -0.1) is 5.10 Å². The summed E-state index contributed by atoms with van der Waals surface area (Å²) in [6.45, 7) is 4.97. The van der Waals surface area contributed by atoms with Crippen LogP contribution in [-0.2, 0) is 6.54 Å². The van der Waals surface area contributed by atoms with Gasteiger partial charge in [-0.2, -0.15) is 0 Å². The summed E-state index contributed by atoms with van der Waals surface area (Å²) < 4.78 is 1.54. The maximum Gasteiger partial charge on any atom is 0.358 e. The second-order valence-corrected chi connectivity index (χ2v) is 5.01. The van der Waals surface area contributed by atoms with E-state index in [1.54, 1.807) is 0 Å². The summed E-state index contributed by atoms with van der Waals surface area (Å²) in [7, 11) is 0. The summed E-state index contributed by atoms with van der Waals surface area (Å²) in [4.78, 5) is 12.9. The maximum absolute atomic E-state index is 10.6. The number of carbonyl (C=O) groups is 1. The lowest BCUT2D eigenvalue weighted by Gasteiger charge is -2.35. The predicted molar refractivity (Wildman–Crippen MR) is 63.3 cm³/mol. The number of hydrogen-bond acceptors (Lipinski definition) is 5. The number of nitrogens with zero attached hydrogens (tertiary/aromatic N) is 4. The fraction of sp³-hybridized carbons (Fsp3) is 0.727. The Labute approximate surface area is 105 Å². The van der Waals surface area contributed by atoms with Gasteiger partial charge in [-0.05, 0) is 19.8 Å². The molecule has 18 heavy (non-hydrogen) atoms. The molecule has 0 unspecified atom stereocenters. The van der Waals surface area contributed by atoms with E-state index >= 15 is 0 Å². The molecular weight excluding hydrogens is 236 g/mol. The topological polar surface area (TPSA) is 91.5 Å². The van der Waals surface area contributed by atoms with Gasteiger partial charge in [-0.1, -0.05) is 5.21 Å². The van der Waals surface area contributed by atoms with Crippen molar-refractivity contribution in [2.45, 2.75) is 31.9 Å². The van der Waals surface area contributed by atoms with E-state index in [4.69, 9.17) is 5.11 Å². The first-order valence-corrected chi connectivity index (χ1v) is 6.04. The van der Waals surface area contributed by atoms with Crippen LogP contribution in [0.4, 0.5) is 0 Å². The Morgan fingerprint density at radius 1 is 1.44 bits per heavy atom. The minimum Gasteiger partial charge on any atom is -0.476 e. The van der Waals surface area contributed by atoms with Crippen molar-refractivity contribution in [2.75, 3.05) is 19.6 Å². The number of piperidine rings is 1. The van der Waals surface area contributed by atoms with Crippen LogP contribution < -0.4 is 0 Å². The van der Waals surface area contributed by atoms with E-state index in [1.807, 2.05) is 6.92 Å². The molecule has 1 aromatic heterocycles. The lowest BCUT2D eigenvalue weighted by molar-refractivity contribution is -0.00611. The Kier molecular flexibility index (Phi) is 3.63. The van der Waals surface area contributed by atoms with Crippen LogP contribution in [0.3, 0.4) is 0 Å². The van der Waals surface area contributed by atoms with Gasteiger partial charge in [0.1, 0.15) is 0 Å². The zero-order valence-electron chi connectivity index (χ0n) is 10.4. The summed E-state index contributed by atoms with van der Waals surface area (Å²) >= 11 is 0. The second-order valence-electron chi connectivity index (χ2n) is 5.01. The highest BCUT2D eigenvalue weighted by molar-refractivity contribution is 5.84. The van der Waals surface area contributed by atoms with Crippen molar-refractivity contribution in [3.05, 3.63) is 11.9 Å². The highest BCUT2D eigenvalue weighted by atomic mass is 16.4. The van der Waals surface area contributed by atoms with Crippen molar-refractivity contribution in [3.8, 4) is 0 Å². The molecule has 1 saturated heterocycles. The third-order valence-electron chi connectivity index (χ3n) is 3.34. The van der Waals surface area contributed by atoms with Gasteiger partial charge in [0, 0.05) is 19.6 Å². The van der Waals surface area contributed by atoms with Crippen molar-refractivity contribution >= 4 is 5.97 Å². The molecule has 1 aliphatic heterocycles. The summed E-state index contributed by atoms with van der Waals surface area (Å²) in [6, 6.07) is 0. The van der Waals surface area contributed by atoms with Crippen molar-refractivity contribution in [1.82, 2.24) is 19.9 Å². The summed E-state index contributed by atoms with van der Waals surface area (Å²) in [5, 5.41) is 25.9. The average Bonchev–Trinajstić information content (AvgIpc) is 2.76. The molecule has 0 atom stereocenters. The molecule has 0 aliphatic carbocycles. The zero-order chi connectivity index (χ0) is 13.2. The van der Waals surface area contributed by atoms with Crippen LogP contribution in [0, 0.1) is 0 Å². The smallest absolute Gasteiger partial charge is 0.358 e. The van der Waals surface area contributed by atoms with E-state index in [0.717, 1.165) is 32.5 Å². The van der Waals surface area contributed by atoms with Crippen LogP contribution in [0.25, 0.3) is 0 Å². The van der Waals surface area contributed by atoms with Crippen molar-refractivity contribution < 1.29 is 15.0 Å². The number of aliphatic hydroxyl groups is 1. The Balaban J connectivity index is 1.79. The van der Waals surface area contributed by atoms with Crippen LogP contribution in [-0.4, -0.2) is 61.3 Å². The maximum atomic E-state index is 10.6. The van der Waals surface area contributed by atoms with Gasteiger partial charge in [0.15, 0.2) is 5.69 Å². The van der Waals surface area contributed by atoms with Crippen molar-refractivity contribution in [2.24, 2.45) is 0 Å². The Bertz CT molecular complexity index is 420. The Morgan fingerprint density at radius 2 is 2.11 bits per heavy atom. The van der Waals surface area contributed by atoms with Crippen LogP contribution >= 0.6 is 0 Å². The fourth-order valence-corrected chi connectivity index (χ4v) is 2.01. The second kappa shape index (κ2) is 5.03. The van der Waals surface area contributed by atoms with E-state index in [2.05, 4.69) is 15.2 Å². The number of carboxylic acid groups (broad SMARTS) is 1. The van der Waals surface area contributed by atoms with Gasteiger partial charge in [-0.25, -0.2) is 4.79 Å². The highest BCUT2D eigenvalue weighted by Gasteiger charge is 2.26. The van der Waals surface area contributed by atoms with E-state index in [9.17, 15) is 9.90 Å². The molecule has 2 heterocycles. The SMILES string of the molecule is CC1(O)CCN(CCn2cc(C(=O)O)nn2)CC1. The minimum absolute atomic E-state index is 0.0309. The lowest BCUT2D eigenvalue weighted by atomic mass is 9.94. The summed E-state index contributed by atoms with van der Waals surface area (Å²) in [5.41, 5.74) is -0.572. The molecule has 0 bridgehead atoms. The van der Waals surface area contributed by atoms with Crippen LogP contribution in [0.15, 0.2) is 6.20 Å². The van der Waals surface area contributed by atoms with Crippen molar-refractivity contribution in [3.63, 3.8) is 0 Å². The van der Waals surface area contributed by atoms with Gasteiger partial charge in [0.25, 0.3) is 0 Å². The number of hydrogen-bond donors (Lipinski definition) is 2. The molecule has 7 heteroatoms. The lowest BCUT2D eigenvalue weighted by Crippen LogP contribution is -2.43. The molecule has 2 rings (SSSR count). The molecule has 0 saturated carbocycles. The van der Waals surface area contributed by atoms with E-state index in [-0.39, 0.29) is 5.69 Å². The minimum atomic E-state index is -1.06. The Hall–Kier alpha value is -1.47. The molecule has 0 radical (unpaired) electrons. The third-order valence-corrected chi connectivity index (χ3v) is 3.34. The fourth-order valence-electron chi connectivity index (χ4n) is 2.01. The largest absolute Gasteiger partial charge is 0.476 e. The van der Waals surface area contributed by atoms with Crippen LogP contribution in [0.2, 0.25) is 0 Å². The number of aromatic nitrogens is 3. The quantitative estimate of drug-likeness (QED) is 0.774. The molecule has 0 amide bonds. The van der Waals surface area contributed by atoms with E-state index < -0.39 is 11.6 Å². The zero-order valence-corrected chi connectivity index (χ0v) is 10.4. The van der Waals surface area contributed by atoms with Crippen molar-refractivity contribution in [1.29, 1.82) is 0 Å². The standard InChI is InChI=1S/C11H18N4O3/c1-11(18)2-4-14(5-3-11)6-7-15-8-9(10(16)17)12-13-15/h8,18H,2-7H2,1H3,(H,16,17). The first-order valence-electron chi connectivity index (χ1n) is 6.04. The average molecular weight is 254 g/mol. The highest BCUT2D eigenvalue weighted by Crippen LogP contribution is 2.20. The Morgan fingerprint density at radius 3 is 2.67 bits per heavy atom. The molecule has 1 aliphatic rings. The van der Waals surface area contributed by atoms with Gasteiger partial charge in [0.2, 0.25) is 0 Å². The van der Waals surface area contributed by atoms with Crippen LogP contribution in [0.1, 0.15) is 30.3 Å². The molecule has 0 spiro atoms. The van der Waals surface area contributed by atoms with Gasteiger partial charge < -0.3 is 15.1 Å². The molecule has 100 valence electrons. The molecule has 1 aromatic rings. The van der Waals surface area contributed by atoms with Gasteiger partial charge in [-0.3, -0.25) is 4.68 Å². The van der Waals surface area contributed by atoms with E-state index in [1.165, 1.54) is 10.9 Å². The number of carboxylic acids is 1. The first-order chi connectivity index (χ1) is 8.46. The summed E-state index contributed by atoms with van der Waals surface area (Å²) in [5.74, 6) is -1.06. The van der Waals surface area contributed by atoms with Gasteiger partial charge >= 0.3 is 5.97 Å². The molecular formula is C11H18N4O3. The van der Waals surface area contributed by atoms with E-state index in [0.29, 0.717) is 6.54 Å². The first kappa shape index (κ1) is 13.0. The number of rotatable bonds is 4. The number of aromatic carboxylic acids is 1. The molecule has 7 nitrogen and oxygen atoms in total. The van der Waals surface area contributed by atoms with Gasteiger partial charge in [0.05, 0.1) is 18.3 Å². The summed E-state index contributed by atoms with van der Waals surface area (Å²) in [6.07, 6.45) is 2.97. The molecule has 0 aromatic carbocycles. The monoisotopic (exact) mass is 254 g/mol.